The molecule has 0 bridgehead atoms. The van der Waals surface area contributed by atoms with Crippen molar-refractivity contribution in [1.29, 1.82) is 0 Å². The van der Waals surface area contributed by atoms with Crippen molar-refractivity contribution in [3.63, 3.8) is 0 Å². The van der Waals surface area contributed by atoms with E-state index in [1.807, 2.05) is 26.0 Å². The minimum Gasteiger partial charge on any atom is -0.389 e. The lowest BCUT2D eigenvalue weighted by molar-refractivity contribution is -0.0778. The van der Waals surface area contributed by atoms with Gasteiger partial charge in [-0.15, -0.1) is 11.3 Å². The second-order valence-corrected chi connectivity index (χ2v) is 9.18. The minimum absolute atomic E-state index is 0.00798. The molecule has 33 heavy (non-hydrogen) atoms. The average Bonchev–Trinajstić information content (AvgIpc) is 3.48. The van der Waals surface area contributed by atoms with Gasteiger partial charge in [0.2, 0.25) is 0 Å². The van der Waals surface area contributed by atoms with Crippen LogP contribution in [0.2, 0.25) is 0 Å². The lowest BCUT2D eigenvalue weighted by atomic mass is 10.0. The maximum atomic E-state index is 13.6. The van der Waals surface area contributed by atoms with Gasteiger partial charge in [-0.25, -0.2) is 14.8 Å². The summed E-state index contributed by atoms with van der Waals surface area (Å²) in [6, 6.07) is 3.80. The second kappa shape index (κ2) is 7.94. The molecule has 1 aliphatic heterocycles. The molecule has 1 aliphatic rings. The van der Waals surface area contributed by atoms with Gasteiger partial charge in [-0.2, -0.15) is 0 Å². The summed E-state index contributed by atoms with van der Waals surface area (Å²) < 4.78 is 2.53. The molecule has 10 nitrogen and oxygen atoms in total. The number of β-amino-alcohol motifs (C(OH)–C–C–N with tert-alkyl or cyclic N) is 1. The van der Waals surface area contributed by atoms with Crippen molar-refractivity contribution < 1.29 is 14.7 Å². The van der Waals surface area contributed by atoms with Gasteiger partial charge in [-0.1, -0.05) is 0 Å². The van der Waals surface area contributed by atoms with E-state index in [9.17, 15) is 19.5 Å². The molecule has 172 valence electrons. The maximum Gasteiger partial charge on any atom is 0.331 e. The Balaban J connectivity index is 1.78. The molecule has 1 amide bonds. The van der Waals surface area contributed by atoms with Crippen LogP contribution in [0.1, 0.15) is 33.4 Å². The Morgan fingerprint density at radius 1 is 1.39 bits per heavy atom. The average molecular weight is 470 g/mol. The third kappa shape index (κ3) is 3.31. The zero-order chi connectivity index (χ0) is 23.4. The molecule has 1 atom stereocenters. The first-order valence-corrected chi connectivity index (χ1v) is 11.4. The van der Waals surface area contributed by atoms with Gasteiger partial charge in [0.25, 0.3) is 11.5 Å². The summed E-state index contributed by atoms with van der Waals surface area (Å²) in [6.07, 6.45) is 1.28. The molecule has 11 heteroatoms. The highest BCUT2D eigenvalue weighted by Gasteiger charge is 2.33. The third-order valence-electron chi connectivity index (χ3n) is 6.03. The van der Waals surface area contributed by atoms with Gasteiger partial charge < -0.3 is 10.1 Å². The molecule has 0 saturated carbocycles. The fraction of sp³-hybridized carbons (Fsp3) is 0.364. The van der Waals surface area contributed by atoms with Crippen LogP contribution in [-0.4, -0.2) is 54.4 Å². The highest BCUT2D eigenvalue weighted by Crippen LogP contribution is 2.34. The topological polar surface area (TPSA) is 122 Å². The lowest BCUT2D eigenvalue weighted by Gasteiger charge is -2.15. The van der Waals surface area contributed by atoms with Crippen molar-refractivity contribution in [2.75, 3.05) is 13.2 Å². The summed E-state index contributed by atoms with van der Waals surface area (Å²) in [6.45, 7) is 4.13. The number of aromatic amines is 1. The van der Waals surface area contributed by atoms with Crippen LogP contribution in [0.3, 0.4) is 0 Å². The molecular formula is C22H23N5O5S. The number of aromatic nitrogens is 4. The Hall–Kier alpha value is -3.28. The summed E-state index contributed by atoms with van der Waals surface area (Å²) in [5, 5.41) is 12.1. The Morgan fingerprint density at radius 3 is 2.88 bits per heavy atom. The Labute approximate surface area is 191 Å². The number of aliphatic hydroxyl groups is 1. The SMILES string of the molecule is CCn1c(=O)n(C)c(=O)c2c(C(=O)N3C[C@H](O)CO3)c(Cc3c(C)[nH]c4ncccc34)sc21. The van der Waals surface area contributed by atoms with Gasteiger partial charge in [0.05, 0.1) is 17.5 Å². The molecular weight excluding hydrogens is 446 g/mol. The molecule has 5 rings (SSSR count). The molecule has 2 N–H and O–H groups in total. The summed E-state index contributed by atoms with van der Waals surface area (Å²) in [4.78, 5) is 53.6. The van der Waals surface area contributed by atoms with E-state index >= 15 is 0 Å². The lowest BCUT2D eigenvalue weighted by Crippen LogP contribution is -2.38. The smallest absolute Gasteiger partial charge is 0.331 e. The standard InChI is InChI=1S/C22H23N5O5S/c1-4-26-21-17(19(29)25(3)22(26)31)16(20(30)27-9-12(28)10-32-27)15(33-21)8-14-11(2)24-18-13(14)6-5-7-23-18/h5-7,12,28H,4,8-10H2,1-3H3,(H,23,24)/t12-/m0/s1. The van der Waals surface area contributed by atoms with Crippen molar-refractivity contribution in [3.8, 4) is 0 Å². The van der Waals surface area contributed by atoms with Gasteiger partial charge in [0.15, 0.2) is 0 Å². The summed E-state index contributed by atoms with van der Waals surface area (Å²) in [5.41, 5.74) is 1.87. The number of pyridine rings is 1. The number of fused-ring (bicyclic) bond motifs is 2. The van der Waals surface area contributed by atoms with Gasteiger partial charge >= 0.3 is 5.69 Å². The summed E-state index contributed by atoms with van der Waals surface area (Å²) in [7, 11) is 1.41. The molecule has 0 spiro atoms. The number of amides is 1. The third-order valence-corrected chi connectivity index (χ3v) is 7.24. The van der Waals surface area contributed by atoms with E-state index in [-0.39, 0.29) is 24.1 Å². The zero-order valence-corrected chi connectivity index (χ0v) is 19.2. The predicted molar refractivity (Wildman–Crippen MR) is 124 cm³/mol. The molecule has 4 aromatic rings. The van der Waals surface area contributed by atoms with Crippen molar-refractivity contribution in [3.05, 3.63) is 60.9 Å². The van der Waals surface area contributed by atoms with Crippen LogP contribution in [0.5, 0.6) is 0 Å². The fourth-order valence-corrected chi connectivity index (χ4v) is 5.69. The number of nitrogens with one attached hydrogen (secondary N) is 1. The zero-order valence-electron chi connectivity index (χ0n) is 18.4. The number of hydroxylamine groups is 2. The number of carbonyl (C=O) groups is 1. The molecule has 0 radical (unpaired) electrons. The number of thiophene rings is 1. The van der Waals surface area contributed by atoms with Crippen LogP contribution >= 0.6 is 11.3 Å². The summed E-state index contributed by atoms with van der Waals surface area (Å²) >= 11 is 1.27. The van der Waals surface area contributed by atoms with Crippen molar-refractivity contribution >= 4 is 38.5 Å². The van der Waals surface area contributed by atoms with E-state index in [0.29, 0.717) is 22.7 Å². The number of carbonyl (C=O) groups excluding carboxylic acids is 1. The Kier molecular flexibility index (Phi) is 5.19. The Morgan fingerprint density at radius 2 is 2.18 bits per heavy atom. The van der Waals surface area contributed by atoms with E-state index < -0.39 is 23.3 Å². The molecule has 5 heterocycles. The van der Waals surface area contributed by atoms with Crippen LogP contribution in [-0.2, 0) is 24.9 Å². The maximum absolute atomic E-state index is 13.6. The molecule has 4 aromatic heterocycles. The second-order valence-electron chi connectivity index (χ2n) is 8.09. The van der Waals surface area contributed by atoms with Crippen LogP contribution in [0, 0.1) is 6.92 Å². The normalized spacial score (nSPS) is 16.4. The van der Waals surface area contributed by atoms with E-state index in [2.05, 4.69) is 9.97 Å². The first-order valence-electron chi connectivity index (χ1n) is 10.6. The number of aryl methyl sites for hydroxylation is 2. The van der Waals surface area contributed by atoms with Crippen LogP contribution in [0.25, 0.3) is 21.3 Å². The first kappa shape index (κ1) is 21.6. The van der Waals surface area contributed by atoms with Gasteiger partial charge in [0, 0.05) is 42.2 Å². The number of hydrogen-bond acceptors (Lipinski definition) is 7. The van der Waals surface area contributed by atoms with E-state index in [0.717, 1.165) is 31.9 Å². The van der Waals surface area contributed by atoms with Gasteiger partial charge in [-0.3, -0.25) is 23.6 Å². The molecule has 0 unspecified atom stereocenters. The quantitative estimate of drug-likeness (QED) is 0.465. The van der Waals surface area contributed by atoms with E-state index in [1.54, 1.807) is 6.20 Å². The summed E-state index contributed by atoms with van der Waals surface area (Å²) in [5.74, 6) is -0.498. The monoisotopic (exact) mass is 469 g/mol. The minimum atomic E-state index is -0.791. The number of rotatable bonds is 4. The van der Waals surface area contributed by atoms with Crippen LogP contribution in [0.15, 0.2) is 27.9 Å². The van der Waals surface area contributed by atoms with Crippen molar-refractivity contribution in [2.45, 2.75) is 32.9 Å². The van der Waals surface area contributed by atoms with E-state index in [4.69, 9.17) is 4.84 Å². The van der Waals surface area contributed by atoms with Gasteiger partial charge in [0.1, 0.15) is 23.2 Å². The first-order chi connectivity index (χ1) is 15.8. The highest BCUT2D eigenvalue weighted by molar-refractivity contribution is 7.19. The highest BCUT2D eigenvalue weighted by atomic mass is 32.1. The predicted octanol–water partition coefficient (Wildman–Crippen LogP) is 1.31. The van der Waals surface area contributed by atoms with Crippen molar-refractivity contribution in [2.24, 2.45) is 7.05 Å². The number of nitrogens with zero attached hydrogens (tertiary/aromatic N) is 4. The largest absolute Gasteiger partial charge is 0.389 e. The molecule has 0 aliphatic carbocycles. The number of hydrogen-bond donors (Lipinski definition) is 2. The fourth-order valence-electron chi connectivity index (χ4n) is 4.34. The number of H-pyrrole nitrogens is 1. The number of aliphatic hydroxyl groups excluding tert-OH is 1. The Bertz CT molecular complexity index is 1530. The molecule has 0 aromatic carbocycles. The van der Waals surface area contributed by atoms with Crippen LogP contribution < -0.4 is 11.2 Å². The van der Waals surface area contributed by atoms with Gasteiger partial charge in [-0.05, 0) is 31.5 Å². The molecule has 1 fully saturated rings. The van der Waals surface area contributed by atoms with Crippen molar-refractivity contribution in [1.82, 2.24) is 24.2 Å². The van der Waals surface area contributed by atoms with E-state index in [1.165, 1.54) is 23.0 Å². The molecule has 1 saturated heterocycles. The van der Waals surface area contributed by atoms with Crippen LogP contribution in [0.4, 0.5) is 0 Å².